The summed E-state index contributed by atoms with van der Waals surface area (Å²) in [6, 6.07) is 14.8. The van der Waals surface area contributed by atoms with E-state index in [9.17, 15) is 9.59 Å². The molecule has 0 unspecified atom stereocenters. The molecule has 8 heteroatoms. The molecule has 5 rings (SSSR count). The fraction of sp³-hybridized carbons (Fsp3) is 0.231. The zero-order valence-corrected chi connectivity index (χ0v) is 19.7. The third-order valence-electron chi connectivity index (χ3n) is 5.89. The molecule has 0 spiro atoms. The number of benzene rings is 2. The minimum Gasteiger partial charge on any atom is -0.348 e. The summed E-state index contributed by atoms with van der Waals surface area (Å²) in [5.74, 6) is -0.364. The third-order valence-corrected chi connectivity index (χ3v) is 6.89. The van der Waals surface area contributed by atoms with Crippen LogP contribution in [0.25, 0.3) is 5.57 Å². The van der Waals surface area contributed by atoms with Crippen molar-refractivity contribution in [1.29, 1.82) is 0 Å². The first-order valence-corrected chi connectivity index (χ1v) is 12.0. The van der Waals surface area contributed by atoms with Crippen LogP contribution in [0, 0.1) is 0 Å². The molecule has 2 amide bonds. The van der Waals surface area contributed by atoms with E-state index in [0.29, 0.717) is 29.3 Å². The predicted octanol–water partition coefficient (Wildman–Crippen LogP) is 3.78. The van der Waals surface area contributed by atoms with Gasteiger partial charge in [-0.05, 0) is 48.0 Å². The molecule has 2 aliphatic rings. The maximum Gasteiger partial charge on any atom is 0.257 e. The molecule has 2 aromatic carbocycles. The maximum absolute atomic E-state index is 12.8. The third kappa shape index (κ3) is 4.98. The number of hydrogen-bond acceptors (Lipinski definition) is 6. The number of anilines is 1. The number of amides is 2. The Morgan fingerprint density at radius 2 is 1.91 bits per heavy atom. The zero-order chi connectivity index (χ0) is 23.5. The number of likely N-dealkylation sites (N-methyl/N-ethyl adjacent to an activating group) is 1. The minimum atomic E-state index is -0.202. The summed E-state index contributed by atoms with van der Waals surface area (Å²) in [5.41, 5.74) is 5.06. The molecule has 3 aromatic rings. The van der Waals surface area contributed by atoms with Gasteiger partial charge in [-0.3, -0.25) is 19.9 Å². The van der Waals surface area contributed by atoms with E-state index in [2.05, 4.69) is 32.6 Å². The van der Waals surface area contributed by atoms with E-state index in [1.807, 2.05) is 42.6 Å². The molecule has 34 heavy (non-hydrogen) atoms. The highest BCUT2D eigenvalue weighted by Crippen LogP contribution is 2.28. The molecule has 0 aliphatic carbocycles. The van der Waals surface area contributed by atoms with Crippen LogP contribution in [0.4, 0.5) is 5.13 Å². The average molecular weight is 472 g/mol. The summed E-state index contributed by atoms with van der Waals surface area (Å²) in [4.78, 5) is 37.8. The first-order chi connectivity index (χ1) is 16.5. The average Bonchev–Trinajstić information content (AvgIpc) is 3.52. The van der Waals surface area contributed by atoms with Gasteiger partial charge in [0.15, 0.2) is 5.13 Å². The van der Waals surface area contributed by atoms with Crippen molar-refractivity contribution in [3.8, 4) is 0 Å². The van der Waals surface area contributed by atoms with Crippen molar-refractivity contribution in [3.63, 3.8) is 0 Å². The molecule has 0 bridgehead atoms. The van der Waals surface area contributed by atoms with Crippen LogP contribution in [-0.2, 0) is 19.5 Å². The number of aliphatic imine (C=N–C) groups is 1. The van der Waals surface area contributed by atoms with Crippen LogP contribution in [0.15, 0.2) is 59.6 Å². The van der Waals surface area contributed by atoms with Crippen molar-refractivity contribution in [2.24, 2.45) is 4.99 Å². The van der Waals surface area contributed by atoms with Crippen molar-refractivity contribution < 1.29 is 9.59 Å². The highest BCUT2D eigenvalue weighted by molar-refractivity contribution is 7.15. The lowest BCUT2D eigenvalue weighted by atomic mass is 10.0. The molecule has 0 saturated heterocycles. The van der Waals surface area contributed by atoms with Crippen molar-refractivity contribution in [1.82, 2.24) is 15.2 Å². The molecule has 1 aromatic heterocycles. The van der Waals surface area contributed by atoms with Gasteiger partial charge in [-0.15, -0.1) is 11.3 Å². The Bertz CT molecular complexity index is 1310. The number of nitrogens with zero attached hydrogens (tertiary/aromatic N) is 3. The van der Waals surface area contributed by atoms with Crippen LogP contribution < -0.4 is 10.6 Å². The summed E-state index contributed by atoms with van der Waals surface area (Å²) in [6.07, 6.45) is 4.77. The van der Waals surface area contributed by atoms with Gasteiger partial charge in [0.05, 0.1) is 12.2 Å². The normalized spacial score (nSPS) is 15.0. The van der Waals surface area contributed by atoms with Crippen LogP contribution in [0.3, 0.4) is 0 Å². The second kappa shape index (κ2) is 9.70. The topological polar surface area (TPSA) is 86.7 Å². The van der Waals surface area contributed by atoms with Gasteiger partial charge in [0.2, 0.25) is 0 Å². The molecule has 7 nitrogen and oxygen atoms in total. The lowest BCUT2D eigenvalue weighted by Crippen LogP contribution is -2.25. The fourth-order valence-electron chi connectivity index (χ4n) is 4.04. The molecule has 0 atom stereocenters. The van der Waals surface area contributed by atoms with E-state index in [0.717, 1.165) is 41.9 Å². The molecule has 172 valence electrons. The number of carbonyl (C=O) groups excluding carboxylic acids is 2. The number of thiazole rings is 1. The van der Waals surface area contributed by atoms with Crippen LogP contribution in [0.2, 0.25) is 0 Å². The van der Waals surface area contributed by atoms with Gasteiger partial charge in [-0.25, -0.2) is 4.98 Å². The Morgan fingerprint density at radius 1 is 1.09 bits per heavy atom. The Kier molecular flexibility index (Phi) is 6.33. The Hall–Kier alpha value is -3.62. The van der Waals surface area contributed by atoms with Crippen molar-refractivity contribution in [2.75, 3.05) is 25.5 Å². The summed E-state index contributed by atoms with van der Waals surface area (Å²) in [5, 5.41) is 6.51. The molecule has 2 aliphatic heterocycles. The van der Waals surface area contributed by atoms with Crippen LogP contribution in [0.5, 0.6) is 0 Å². The Morgan fingerprint density at radius 3 is 2.74 bits per heavy atom. The maximum atomic E-state index is 12.8. The number of hydrogen-bond donors (Lipinski definition) is 2. The Balaban J connectivity index is 1.21. The van der Waals surface area contributed by atoms with E-state index in [1.54, 1.807) is 18.2 Å². The number of aromatic nitrogens is 1. The van der Waals surface area contributed by atoms with E-state index in [1.165, 1.54) is 16.2 Å². The van der Waals surface area contributed by atoms with Crippen LogP contribution in [-0.4, -0.2) is 48.1 Å². The first kappa shape index (κ1) is 22.2. The van der Waals surface area contributed by atoms with Gasteiger partial charge in [-0.1, -0.05) is 30.3 Å². The number of carbonyl (C=O) groups is 2. The van der Waals surface area contributed by atoms with Crippen molar-refractivity contribution >= 4 is 40.1 Å². The standard InChI is InChI=1S/C26H25N5O2S/c1-31-11-9-22-23(16-31)34-26(29-22)30-25(33)19-6-2-4-17(12-19)14-28-24(32)20-7-3-5-18(13-20)21-8-10-27-15-21/h2-8,12-13,15H,9-11,14,16H2,1H3,(H,28,32)(H,29,30,33). The lowest BCUT2D eigenvalue weighted by molar-refractivity contribution is 0.0950. The van der Waals surface area contributed by atoms with Gasteiger partial charge in [0.1, 0.15) is 0 Å². The highest BCUT2D eigenvalue weighted by atomic mass is 32.1. The van der Waals surface area contributed by atoms with Gasteiger partial charge in [0.25, 0.3) is 11.8 Å². The summed E-state index contributed by atoms with van der Waals surface area (Å²) < 4.78 is 0. The number of rotatable bonds is 6. The molecular formula is C26H25N5O2S. The zero-order valence-electron chi connectivity index (χ0n) is 18.9. The van der Waals surface area contributed by atoms with Gasteiger partial charge in [0, 0.05) is 48.3 Å². The second-order valence-electron chi connectivity index (χ2n) is 8.45. The van der Waals surface area contributed by atoms with Gasteiger partial charge in [-0.2, -0.15) is 0 Å². The van der Waals surface area contributed by atoms with Crippen molar-refractivity contribution in [2.45, 2.75) is 19.5 Å². The molecule has 0 radical (unpaired) electrons. The summed E-state index contributed by atoms with van der Waals surface area (Å²) in [7, 11) is 2.09. The minimum absolute atomic E-state index is 0.162. The summed E-state index contributed by atoms with van der Waals surface area (Å²) in [6.45, 7) is 2.85. The lowest BCUT2D eigenvalue weighted by Gasteiger charge is -2.20. The summed E-state index contributed by atoms with van der Waals surface area (Å²) >= 11 is 1.53. The van der Waals surface area contributed by atoms with Crippen LogP contribution >= 0.6 is 11.3 Å². The van der Waals surface area contributed by atoms with Gasteiger partial charge >= 0.3 is 0 Å². The largest absolute Gasteiger partial charge is 0.348 e. The molecule has 0 fully saturated rings. The van der Waals surface area contributed by atoms with E-state index in [-0.39, 0.29) is 11.8 Å². The Labute approximate surface area is 202 Å². The van der Waals surface area contributed by atoms with E-state index >= 15 is 0 Å². The molecule has 3 heterocycles. The fourth-order valence-corrected chi connectivity index (χ4v) is 5.12. The monoisotopic (exact) mass is 471 g/mol. The number of fused-ring (bicyclic) bond motifs is 1. The van der Waals surface area contributed by atoms with E-state index < -0.39 is 0 Å². The smallest absolute Gasteiger partial charge is 0.257 e. The van der Waals surface area contributed by atoms with Crippen molar-refractivity contribution in [3.05, 3.63) is 87.4 Å². The highest BCUT2D eigenvalue weighted by Gasteiger charge is 2.19. The van der Waals surface area contributed by atoms with Crippen LogP contribution in [0.1, 0.15) is 42.4 Å². The quantitative estimate of drug-likeness (QED) is 0.573. The predicted molar refractivity (Wildman–Crippen MR) is 135 cm³/mol. The molecular weight excluding hydrogens is 446 g/mol. The second-order valence-corrected chi connectivity index (χ2v) is 9.53. The first-order valence-electron chi connectivity index (χ1n) is 11.2. The number of nitrogens with one attached hydrogen (secondary N) is 2. The van der Waals surface area contributed by atoms with E-state index in [4.69, 9.17) is 0 Å². The SMILES string of the molecule is CN1CCc2nc(NC(=O)c3cccc(CNC(=O)c4cccc(C5=CCN=C5)c4)c3)sc2C1. The van der Waals surface area contributed by atoms with Gasteiger partial charge < -0.3 is 10.2 Å². The number of allylic oxidation sites excluding steroid dienone is 1. The molecule has 0 saturated carbocycles. The molecule has 2 N–H and O–H groups in total.